The zero-order valence-corrected chi connectivity index (χ0v) is 10.3. The number of carbonyl (C=O) groups excluding carboxylic acids is 1. The SMILES string of the molecule is NC(=O)c1cc(Cl)c(Cl)cc1-c1ccccc1. The predicted molar refractivity (Wildman–Crippen MR) is 70.4 cm³/mol. The maximum atomic E-state index is 11.4. The highest BCUT2D eigenvalue weighted by Gasteiger charge is 2.13. The lowest BCUT2D eigenvalue weighted by molar-refractivity contribution is 0.100. The summed E-state index contributed by atoms with van der Waals surface area (Å²) in [5.74, 6) is -0.526. The highest BCUT2D eigenvalue weighted by molar-refractivity contribution is 6.42. The fourth-order valence-electron chi connectivity index (χ4n) is 1.61. The van der Waals surface area contributed by atoms with Crippen LogP contribution in [-0.4, -0.2) is 5.91 Å². The Morgan fingerprint density at radius 2 is 1.59 bits per heavy atom. The maximum absolute atomic E-state index is 11.4. The minimum absolute atomic E-state index is 0.320. The molecule has 0 saturated heterocycles. The molecular weight excluding hydrogens is 257 g/mol. The number of primary amides is 1. The quantitative estimate of drug-likeness (QED) is 0.883. The van der Waals surface area contributed by atoms with Gasteiger partial charge in [-0.25, -0.2) is 0 Å². The van der Waals surface area contributed by atoms with E-state index in [0.717, 1.165) is 5.56 Å². The number of halogens is 2. The van der Waals surface area contributed by atoms with E-state index in [2.05, 4.69) is 0 Å². The van der Waals surface area contributed by atoms with Gasteiger partial charge in [-0.05, 0) is 23.3 Å². The average molecular weight is 266 g/mol. The smallest absolute Gasteiger partial charge is 0.249 e. The van der Waals surface area contributed by atoms with E-state index in [1.807, 2.05) is 30.3 Å². The summed E-state index contributed by atoms with van der Waals surface area (Å²) in [4.78, 5) is 11.4. The Kier molecular flexibility index (Phi) is 3.36. The normalized spacial score (nSPS) is 10.2. The molecule has 0 heterocycles. The number of rotatable bonds is 2. The maximum Gasteiger partial charge on any atom is 0.249 e. The van der Waals surface area contributed by atoms with Crippen LogP contribution in [0.25, 0.3) is 11.1 Å². The third kappa shape index (κ3) is 2.43. The molecule has 17 heavy (non-hydrogen) atoms. The lowest BCUT2D eigenvalue weighted by Gasteiger charge is -2.08. The first-order valence-electron chi connectivity index (χ1n) is 4.94. The van der Waals surface area contributed by atoms with Crippen LogP contribution in [0.2, 0.25) is 10.0 Å². The number of benzene rings is 2. The fourth-order valence-corrected chi connectivity index (χ4v) is 1.93. The summed E-state index contributed by atoms with van der Waals surface area (Å²) in [6.07, 6.45) is 0. The van der Waals surface area contributed by atoms with Crippen molar-refractivity contribution >= 4 is 29.1 Å². The molecule has 0 unspecified atom stereocenters. The molecule has 0 bridgehead atoms. The largest absolute Gasteiger partial charge is 0.366 e. The van der Waals surface area contributed by atoms with Crippen molar-refractivity contribution in [3.63, 3.8) is 0 Å². The molecule has 0 fully saturated rings. The van der Waals surface area contributed by atoms with Crippen molar-refractivity contribution in [3.05, 3.63) is 58.1 Å². The van der Waals surface area contributed by atoms with Crippen LogP contribution in [0.15, 0.2) is 42.5 Å². The first-order valence-corrected chi connectivity index (χ1v) is 5.69. The highest BCUT2D eigenvalue weighted by Crippen LogP contribution is 2.31. The van der Waals surface area contributed by atoms with Crippen LogP contribution in [0.5, 0.6) is 0 Å². The molecule has 0 aromatic heterocycles. The Labute approximate surface area is 109 Å². The Morgan fingerprint density at radius 3 is 2.18 bits per heavy atom. The molecule has 1 amide bonds. The zero-order chi connectivity index (χ0) is 12.4. The molecule has 2 aromatic carbocycles. The Balaban J connectivity index is 2.68. The standard InChI is InChI=1S/C13H9Cl2NO/c14-11-6-9(8-4-2-1-3-5-8)10(13(16)17)7-12(11)15/h1-7H,(H2,16,17). The van der Waals surface area contributed by atoms with E-state index in [-0.39, 0.29) is 0 Å². The van der Waals surface area contributed by atoms with Gasteiger partial charge in [0.25, 0.3) is 0 Å². The summed E-state index contributed by atoms with van der Waals surface area (Å²) in [5.41, 5.74) is 7.26. The molecule has 0 aliphatic heterocycles. The fraction of sp³-hybridized carbons (Fsp3) is 0. The molecule has 2 nitrogen and oxygen atoms in total. The molecule has 0 spiro atoms. The predicted octanol–water partition coefficient (Wildman–Crippen LogP) is 3.76. The topological polar surface area (TPSA) is 43.1 Å². The lowest BCUT2D eigenvalue weighted by Crippen LogP contribution is -2.12. The van der Waals surface area contributed by atoms with Gasteiger partial charge in [-0.3, -0.25) is 4.79 Å². The van der Waals surface area contributed by atoms with Gasteiger partial charge < -0.3 is 5.73 Å². The van der Waals surface area contributed by atoms with Gasteiger partial charge in [0.1, 0.15) is 0 Å². The Hall–Kier alpha value is -1.51. The van der Waals surface area contributed by atoms with Crippen molar-refractivity contribution < 1.29 is 4.79 Å². The van der Waals surface area contributed by atoms with Crippen molar-refractivity contribution in [2.75, 3.05) is 0 Å². The zero-order valence-electron chi connectivity index (χ0n) is 8.78. The highest BCUT2D eigenvalue weighted by atomic mass is 35.5. The van der Waals surface area contributed by atoms with Crippen LogP contribution in [-0.2, 0) is 0 Å². The van der Waals surface area contributed by atoms with Crippen LogP contribution >= 0.6 is 23.2 Å². The molecule has 0 aliphatic carbocycles. The number of carbonyl (C=O) groups is 1. The minimum Gasteiger partial charge on any atom is -0.366 e. The number of nitrogens with two attached hydrogens (primary N) is 1. The molecule has 0 saturated carbocycles. The van der Waals surface area contributed by atoms with E-state index in [4.69, 9.17) is 28.9 Å². The van der Waals surface area contributed by atoms with Gasteiger partial charge in [-0.15, -0.1) is 0 Å². The van der Waals surface area contributed by atoms with Gasteiger partial charge in [0.15, 0.2) is 0 Å². The van der Waals surface area contributed by atoms with Gasteiger partial charge in [0.05, 0.1) is 10.0 Å². The van der Waals surface area contributed by atoms with Gasteiger partial charge in [-0.1, -0.05) is 53.5 Å². The summed E-state index contributed by atoms with van der Waals surface area (Å²) in [6, 6.07) is 12.6. The van der Waals surface area contributed by atoms with E-state index in [1.54, 1.807) is 6.07 Å². The van der Waals surface area contributed by atoms with Gasteiger partial charge in [0, 0.05) is 5.56 Å². The molecule has 86 valence electrons. The lowest BCUT2D eigenvalue weighted by atomic mass is 9.99. The third-order valence-corrected chi connectivity index (χ3v) is 3.13. The Morgan fingerprint density at radius 1 is 1.00 bits per heavy atom. The van der Waals surface area contributed by atoms with Crippen molar-refractivity contribution in [2.45, 2.75) is 0 Å². The first-order chi connectivity index (χ1) is 8.09. The first kappa shape index (κ1) is 12.0. The number of hydrogen-bond acceptors (Lipinski definition) is 1. The van der Waals surface area contributed by atoms with E-state index >= 15 is 0 Å². The van der Waals surface area contributed by atoms with E-state index < -0.39 is 5.91 Å². The molecule has 2 N–H and O–H groups in total. The van der Waals surface area contributed by atoms with E-state index in [0.29, 0.717) is 21.2 Å². The van der Waals surface area contributed by atoms with E-state index in [9.17, 15) is 4.79 Å². The van der Waals surface area contributed by atoms with Gasteiger partial charge >= 0.3 is 0 Å². The molecule has 0 aliphatic rings. The summed E-state index contributed by atoms with van der Waals surface area (Å²) >= 11 is 11.8. The van der Waals surface area contributed by atoms with Crippen molar-refractivity contribution in [1.82, 2.24) is 0 Å². The summed E-state index contributed by atoms with van der Waals surface area (Å²) < 4.78 is 0. The molecule has 0 atom stereocenters. The van der Waals surface area contributed by atoms with E-state index in [1.165, 1.54) is 6.07 Å². The van der Waals surface area contributed by atoms with Gasteiger partial charge in [0.2, 0.25) is 5.91 Å². The summed E-state index contributed by atoms with van der Waals surface area (Å²) in [6.45, 7) is 0. The number of amides is 1. The summed E-state index contributed by atoms with van der Waals surface area (Å²) in [7, 11) is 0. The van der Waals surface area contributed by atoms with Crippen LogP contribution < -0.4 is 5.73 Å². The molecular formula is C13H9Cl2NO. The molecule has 2 rings (SSSR count). The molecule has 4 heteroatoms. The van der Waals surface area contributed by atoms with Crippen LogP contribution in [0, 0.1) is 0 Å². The van der Waals surface area contributed by atoms with Crippen LogP contribution in [0.1, 0.15) is 10.4 Å². The molecule has 0 radical (unpaired) electrons. The Bertz CT molecular complexity index is 567. The average Bonchev–Trinajstić information content (AvgIpc) is 2.33. The second kappa shape index (κ2) is 4.78. The molecule has 2 aromatic rings. The second-order valence-corrected chi connectivity index (χ2v) is 4.36. The summed E-state index contributed by atoms with van der Waals surface area (Å²) in [5, 5.41) is 0.718. The second-order valence-electron chi connectivity index (χ2n) is 3.54. The number of hydrogen-bond donors (Lipinski definition) is 1. The third-order valence-electron chi connectivity index (χ3n) is 2.41. The van der Waals surface area contributed by atoms with Crippen LogP contribution in [0.3, 0.4) is 0 Å². The van der Waals surface area contributed by atoms with Crippen molar-refractivity contribution in [2.24, 2.45) is 5.73 Å². The van der Waals surface area contributed by atoms with Crippen molar-refractivity contribution in [1.29, 1.82) is 0 Å². The van der Waals surface area contributed by atoms with Gasteiger partial charge in [-0.2, -0.15) is 0 Å². The monoisotopic (exact) mass is 265 g/mol. The minimum atomic E-state index is -0.526. The van der Waals surface area contributed by atoms with Crippen molar-refractivity contribution in [3.8, 4) is 11.1 Å². The van der Waals surface area contributed by atoms with Crippen LogP contribution in [0.4, 0.5) is 0 Å².